The zero-order valence-corrected chi connectivity index (χ0v) is 11.9. The van der Waals surface area contributed by atoms with Crippen molar-refractivity contribution in [2.24, 2.45) is 5.92 Å². The second-order valence-electron chi connectivity index (χ2n) is 5.45. The Morgan fingerprint density at radius 2 is 2.20 bits per heavy atom. The van der Waals surface area contributed by atoms with Gasteiger partial charge < -0.3 is 16.2 Å². The van der Waals surface area contributed by atoms with E-state index in [0.717, 1.165) is 31.6 Å². The minimum atomic E-state index is -0.170. The maximum Gasteiger partial charge on any atom is 0.241 e. The van der Waals surface area contributed by atoms with Crippen LogP contribution in [0.4, 0.5) is 11.4 Å². The summed E-state index contributed by atoms with van der Waals surface area (Å²) < 4.78 is 0. The highest BCUT2D eigenvalue weighted by atomic mass is 16.3. The van der Waals surface area contributed by atoms with Crippen molar-refractivity contribution in [1.82, 2.24) is 4.90 Å². The molecule has 0 spiro atoms. The Kier molecular flexibility index (Phi) is 4.98. The Labute approximate surface area is 119 Å². The summed E-state index contributed by atoms with van der Waals surface area (Å²) in [7, 11) is 0. The zero-order valence-electron chi connectivity index (χ0n) is 11.9. The number of nitrogens with one attached hydrogen (secondary N) is 1. The fraction of sp³-hybridized carbons (Fsp3) is 0.533. The van der Waals surface area contributed by atoms with Crippen LogP contribution in [0.1, 0.15) is 19.8 Å². The lowest BCUT2D eigenvalue weighted by Crippen LogP contribution is -2.46. The van der Waals surface area contributed by atoms with Crippen molar-refractivity contribution < 1.29 is 9.90 Å². The van der Waals surface area contributed by atoms with Crippen LogP contribution in [0.2, 0.25) is 0 Å². The molecule has 1 atom stereocenters. The smallest absolute Gasteiger partial charge is 0.241 e. The van der Waals surface area contributed by atoms with Gasteiger partial charge in [-0.15, -0.1) is 0 Å². The standard InChI is InChI=1S/C15H23N3O2/c1-11(18-7-5-12(10-19)6-8-18)15(20)17-14-4-2-3-13(16)9-14/h2-4,9,11-12,19H,5-8,10,16H2,1H3,(H,17,20). The van der Waals surface area contributed by atoms with E-state index in [9.17, 15) is 4.79 Å². The van der Waals surface area contributed by atoms with E-state index in [0.29, 0.717) is 11.6 Å². The lowest BCUT2D eigenvalue weighted by molar-refractivity contribution is -0.121. The summed E-state index contributed by atoms with van der Waals surface area (Å²) in [6.07, 6.45) is 1.90. The molecule has 1 saturated heterocycles. The number of nitrogen functional groups attached to an aromatic ring is 1. The number of rotatable bonds is 4. The number of aliphatic hydroxyl groups excluding tert-OH is 1. The first kappa shape index (κ1) is 14.8. The largest absolute Gasteiger partial charge is 0.399 e. The summed E-state index contributed by atoms with van der Waals surface area (Å²) in [5.74, 6) is 0.369. The summed E-state index contributed by atoms with van der Waals surface area (Å²) in [5, 5.41) is 12.0. The maximum absolute atomic E-state index is 12.2. The predicted octanol–water partition coefficient (Wildman–Crippen LogP) is 1.30. The van der Waals surface area contributed by atoms with Gasteiger partial charge in [0, 0.05) is 18.0 Å². The van der Waals surface area contributed by atoms with Gasteiger partial charge >= 0.3 is 0 Å². The molecule has 1 aromatic carbocycles. The second kappa shape index (κ2) is 6.72. The molecule has 1 aromatic rings. The summed E-state index contributed by atoms with van der Waals surface area (Å²) in [6, 6.07) is 7.03. The first-order valence-corrected chi connectivity index (χ1v) is 7.11. The summed E-state index contributed by atoms with van der Waals surface area (Å²) in [4.78, 5) is 14.4. The van der Waals surface area contributed by atoms with E-state index in [1.54, 1.807) is 12.1 Å². The van der Waals surface area contributed by atoms with Gasteiger partial charge in [0.15, 0.2) is 0 Å². The molecule has 5 nitrogen and oxygen atoms in total. The summed E-state index contributed by atoms with van der Waals surface area (Å²) >= 11 is 0. The topological polar surface area (TPSA) is 78.6 Å². The number of anilines is 2. The second-order valence-corrected chi connectivity index (χ2v) is 5.45. The molecule has 5 heteroatoms. The Morgan fingerprint density at radius 3 is 2.80 bits per heavy atom. The Balaban J connectivity index is 1.89. The number of nitrogens with two attached hydrogens (primary N) is 1. The normalized spacial score (nSPS) is 18.7. The average molecular weight is 277 g/mol. The molecule has 1 fully saturated rings. The molecule has 0 bridgehead atoms. The number of piperidine rings is 1. The van der Waals surface area contributed by atoms with Crippen molar-refractivity contribution in [3.63, 3.8) is 0 Å². The molecule has 1 aliphatic rings. The van der Waals surface area contributed by atoms with Crippen LogP contribution in [0.3, 0.4) is 0 Å². The van der Waals surface area contributed by atoms with Crippen LogP contribution in [0.15, 0.2) is 24.3 Å². The number of aliphatic hydroxyl groups is 1. The van der Waals surface area contributed by atoms with E-state index in [2.05, 4.69) is 10.2 Å². The quantitative estimate of drug-likeness (QED) is 0.725. The van der Waals surface area contributed by atoms with Crippen LogP contribution >= 0.6 is 0 Å². The van der Waals surface area contributed by atoms with Gasteiger partial charge in [-0.05, 0) is 57.0 Å². The monoisotopic (exact) mass is 277 g/mol. The lowest BCUT2D eigenvalue weighted by Gasteiger charge is -2.34. The van der Waals surface area contributed by atoms with Gasteiger partial charge in [-0.1, -0.05) is 6.07 Å². The van der Waals surface area contributed by atoms with E-state index in [1.165, 1.54) is 0 Å². The van der Waals surface area contributed by atoms with E-state index < -0.39 is 0 Å². The minimum Gasteiger partial charge on any atom is -0.399 e. The van der Waals surface area contributed by atoms with Crippen molar-refractivity contribution in [2.45, 2.75) is 25.8 Å². The number of benzene rings is 1. The van der Waals surface area contributed by atoms with Gasteiger partial charge in [0.1, 0.15) is 0 Å². The number of amides is 1. The third-order valence-electron chi connectivity index (χ3n) is 3.99. The molecule has 4 N–H and O–H groups in total. The van der Waals surface area contributed by atoms with Crippen LogP contribution in [0.25, 0.3) is 0 Å². The minimum absolute atomic E-state index is 0.0157. The summed E-state index contributed by atoms with van der Waals surface area (Å²) in [5.41, 5.74) is 7.07. The van der Waals surface area contributed by atoms with E-state index >= 15 is 0 Å². The van der Waals surface area contributed by atoms with E-state index in [1.807, 2.05) is 19.1 Å². The van der Waals surface area contributed by atoms with Crippen molar-refractivity contribution in [2.75, 3.05) is 30.7 Å². The first-order chi connectivity index (χ1) is 9.60. The van der Waals surface area contributed by atoms with Crippen molar-refractivity contribution in [3.8, 4) is 0 Å². The average Bonchev–Trinajstić information content (AvgIpc) is 2.46. The number of hydrogen-bond acceptors (Lipinski definition) is 4. The third kappa shape index (κ3) is 3.71. The Bertz CT molecular complexity index is 456. The highest BCUT2D eigenvalue weighted by Gasteiger charge is 2.26. The predicted molar refractivity (Wildman–Crippen MR) is 80.3 cm³/mol. The van der Waals surface area contributed by atoms with Gasteiger partial charge in [-0.3, -0.25) is 9.69 Å². The third-order valence-corrected chi connectivity index (χ3v) is 3.99. The molecular weight excluding hydrogens is 254 g/mol. The SMILES string of the molecule is CC(C(=O)Nc1cccc(N)c1)N1CCC(CO)CC1. The molecule has 110 valence electrons. The highest BCUT2D eigenvalue weighted by Crippen LogP contribution is 2.19. The first-order valence-electron chi connectivity index (χ1n) is 7.11. The van der Waals surface area contributed by atoms with Gasteiger partial charge in [-0.2, -0.15) is 0 Å². The molecule has 0 saturated carbocycles. The van der Waals surface area contributed by atoms with Crippen LogP contribution < -0.4 is 11.1 Å². The van der Waals surface area contributed by atoms with Crippen LogP contribution in [0.5, 0.6) is 0 Å². The molecule has 1 heterocycles. The number of nitrogens with zero attached hydrogens (tertiary/aromatic N) is 1. The molecule has 0 radical (unpaired) electrons. The number of carbonyl (C=O) groups is 1. The van der Waals surface area contributed by atoms with Gasteiger partial charge in [0.25, 0.3) is 0 Å². The number of carbonyl (C=O) groups excluding carboxylic acids is 1. The van der Waals surface area contributed by atoms with Gasteiger partial charge in [0.05, 0.1) is 6.04 Å². The molecule has 1 unspecified atom stereocenters. The Hall–Kier alpha value is -1.59. The molecule has 0 aliphatic carbocycles. The van der Waals surface area contributed by atoms with Crippen molar-refractivity contribution in [1.29, 1.82) is 0 Å². The summed E-state index contributed by atoms with van der Waals surface area (Å²) in [6.45, 7) is 3.88. The Morgan fingerprint density at radius 1 is 1.50 bits per heavy atom. The van der Waals surface area contributed by atoms with Crippen molar-refractivity contribution >= 4 is 17.3 Å². The van der Waals surface area contributed by atoms with E-state index in [4.69, 9.17) is 10.8 Å². The van der Waals surface area contributed by atoms with Crippen LogP contribution in [-0.4, -0.2) is 41.7 Å². The zero-order chi connectivity index (χ0) is 14.5. The molecule has 0 aromatic heterocycles. The molecular formula is C15H23N3O2. The molecule has 1 aliphatic heterocycles. The number of likely N-dealkylation sites (tertiary alicyclic amines) is 1. The van der Waals surface area contributed by atoms with Crippen molar-refractivity contribution in [3.05, 3.63) is 24.3 Å². The molecule has 20 heavy (non-hydrogen) atoms. The highest BCUT2D eigenvalue weighted by molar-refractivity contribution is 5.94. The van der Waals surface area contributed by atoms with Gasteiger partial charge in [0.2, 0.25) is 5.91 Å². The van der Waals surface area contributed by atoms with Crippen LogP contribution in [0, 0.1) is 5.92 Å². The van der Waals surface area contributed by atoms with Gasteiger partial charge in [-0.25, -0.2) is 0 Å². The fourth-order valence-electron chi connectivity index (χ4n) is 2.55. The fourth-order valence-corrected chi connectivity index (χ4v) is 2.55. The van der Waals surface area contributed by atoms with Crippen LogP contribution in [-0.2, 0) is 4.79 Å². The maximum atomic E-state index is 12.2. The number of hydrogen-bond donors (Lipinski definition) is 3. The molecule has 2 rings (SSSR count). The van der Waals surface area contributed by atoms with E-state index in [-0.39, 0.29) is 18.6 Å². The molecule has 1 amide bonds. The lowest BCUT2D eigenvalue weighted by atomic mass is 9.97.